The number of thioether (sulfide) groups is 1. The van der Waals surface area contributed by atoms with Crippen molar-refractivity contribution < 1.29 is 4.42 Å². The molecule has 2 aromatic heterocycles. The lowest BCUT2D eigenvalue weighted by Gasteiger charge is -2.09. The van der Waals surface area contributed by atoms with Crippen molar-refractivity contribution in [3.05, 3.63) is 82.0 Å². The Morgan fingerprint density at radius 3 is 2.65 bits per heavy atom. The van der Waals surface area contributed by atoms with Gasteiger partial charge < -0.3 is 4.42 Å². The maximum atomic E-state index is 11.9. The Labute approximate surface area is 154 Å². The molecule has 0 atom stereocenters. The predicted molar refractivity (Wildman–Crippen MR) is 103 cm³/mol. The van der Waals surface area contributed by atoms with Crippen molar-refractivity contribution in [3.63, 3.8) is 0 Å². The lowest BCUT2D eigenvalue weighted by atomic mass is 10.1. The highest BCUT2D eigenvalue weighted by Crippen LogP contribution is 2.28. The fourth-order valence-electron chi connectivity index (χ4n) is 2.91. The summed E-state index contributed by atoms with van der Waals surface area (Å²) in [4.78, 5) is 11.9. The molecule has 0 N–H and O–H groups in total. The van der Waals surface area contributed by atoms with E-state index in [1.807, 2.05) is 66.9 Å². The van der Waals surface area contributed by atoms with Crippen molar-refractivity contribution in [2.75, 3.05) is 0 Å². The van der Waals surface area contributed by atoms with E-state index >= 15 is 0 Å². The smallest absolute Gasteiger partial charge is 0.336 e. The van der Waals surface area contributed by atoms with Gasteiger partial charge in [-0.3, -0.25) is 4.57 Å². The second kappa shape index (κ2) is 6.80. The molecular formula is C20H17N3O2S. The van der Waals surface area contributed by atoms with Crippen molar-refractivity contribution in [1.82, 2.24) is 14.8 Å². The fraction of sp³-hybridized carbons (Fsp3) is 0.150. The first-order valence-electron chi connectivity index (χ1n) is 8.25. The van der Waals surface area contributed by atoms with Crippen LogP contribution in [0, 0.1) is 13.8 Å². The van der Waals surface area contributed by atoms with Crippen LogP contribution in [-0.4, -0.2) is 14.8 Å². The van der Waals surface area contributed by atoms with Crippen LogP contribution in [0.3, 0.4) is 0 Å². The average molecular weight is 363 g/mol. The molecule has 0 fully saturated rings. The summed E-state index contributed by atoms with van der Waals surface area (Å²) in [7, 11) is 0. The van der Waals surface area contributed by atoms with Crippen LogP contribution in [-0.2, 0) is 5.75 Å². The molecule has 0 unspecified atom stereocenters. The van der Waals surface area contributed by atoms with Crippen LogP contribution in [0.5, 0.6) is 0 Å². The van der Waals surface area contributed by atoms with Crippen LogP contribution < -0.4 is 5.63 Å². The molecule has 0 saturated carbocycles. The fourth-order valence-corrected chi connectivity index (χ4v) is 3.90. The Morgan fingerprint density at radius 2 is 1.85 bits per heavy atom. The van der Waals surface area contributed by atoms with Gasteiger partial charge in [-0.2, -0.15) is 0 Å². The van der Waals surface area contributed by atoms with E-state index in [1.165, 1.54) is 0 Å². The minimum Gasteiger partial charge on any atom is -0.423 e. The summed E-state index contributed by atoms with van der Waals surface area (Å²) in [5.74, 6) is 1.43. The monoisotopic (exact) mass is 363 g/mol. The number of nitrogens with zero attached hydrogens (tertiary/aromatic N) is 3. The predicted octanol–water partition coefficient (Wildman–Crippen LogP) is 4.28. The highest BCUT2D eigenvalue weighted by molar-refractivity contribution is 7.98. The Balaban J connectivity index is 1.69. The van der Waals surface area contributed by atoms with Gasteiger partial charge in [0.25, 0.3) is 0 Å². The van der Waals surface area contributed by atoms with Crippen molar-refractivity contribution >= 4 is 22.7 Å². The topological polar surface area (TPSA) is 60.9 Å². The van der Waals surface area contributed by atoms with Gasteiger partial charge in [0.2, 0.25) is 0 Å². The maximum Gasteiger partial charge on any atom is 0.336 e. The van der Waals surface area contributed by atoms with Crippen LogP contribution in [0.4, 0.5) is 0 Å². The third kappa shape index (κ3) is 3.15. The van der Waals surface area contributed by atoms with Gasteiger partial charge in [-0.15, -0.1) is 10.2 Å². The zero-order valence-corrected chi connectivity index (χ0v) is 15.3. The Morgan fingerprint density at radius 1 is 1.04 bits per heavy atom. The number of benzene rings is 2. The molecule has 26 heavy (non-hydrogen) atoms. The molecule has 0 bridgehead atoms. The van der Waals surface area contributed by atoms with Crippen molar-refractivity contribution in [3.8, 4) is 5.69 Å². The van der Waals surface area contributed by atoms with E-state index in [4.69, 9.17) is 4.42 Å². The van der Waals surface area contributed by atoms with E-state index < -0.39 is 0 Å². The van der Waals surface area contributed by atoms with E-state index in [-0.39, 0.29) is 5.63 Å². The lowest BCUT2D eigenvalue weighted by Crippen LogP contribution is -2.01. The standard InChI is InChI=1S/C20H17N3O2S/c1-13-8-9-17-15(11-19(24)25-18(17)10-13)12-26-20-22-21-14(2)23(20)16-6-4-3-5-7-16/h3-11H,12H2,1-2H3. The SMILES string of the molecule is Cc1ccc2c(CSc3nnc(C)n3-c3ccccc3)cc(=O)oc2c1. The van der Waals surface area contributed by atoms with Crippen molar-refractivity contribution in [1.29, 1.82) is 0 Å². The van der Waals surface area contributed by atoms with Crippen LogP contribution >= 0.6 is 11.8 Å². The molecule has 0 aliphatic rings. The van der Waals surface area contributed by atoms with Gasteiger partial charge in [0.1, 0.15) is 11.4 Å². The molecule has 0 radical (unpaired) electrons. The van der Waals surface area contributed by atoms with E-state index in [2.05, 4.69) is 10.2 Å². The van der Waals surface area contributed by atoms with Gasteiger partial charge in [-0.25, -0.2) is 4.79 Å². The second-order valence-electron chi connectivity index (χ2n) is 6.08. The molecule has 0 spiro atoms. The van der Waals surface area contributed by atoms with Crippen molar-refractivity contribution in [2.45, 2.75) is 24.8 Å². The van der Waals surface area contributed by atoms with Gasteiger partial charge in [0, 0.05) is 22.9 Å². The number of fused-ring (bicyclic) bond motifs is 1. The average Bonchev–Trinajstić information content (AvgIpc) is 3.00. The number of rotatable bonds is 4. The molecule has 130 valence electrons. The first-order valence-corrected chi connectivity index (χ1v) is 9.24. The molecule has 0 aliphatic heterocycles. The summed E-state index contributed by atoms with van der Waals surface area (Å²) in [6.07, 6.45) is 0. The Hall–Kier alpha value is -2.86. The van der Waals surface area contributed by atoms with Gasteiger partial charge in [-0.05, 0) is 43.2 Å². The number of aromatic nitrogens is 3. The number of para-hydroxylation sites is 1. The van der Waals surface area contributed by atoms with E-state index in [1.54, 1.807) is 17.8 Å². The molecule has 0 saturated heterocycles. The number of hydrogen-bond acceptors (Lipinski definition) is 5. The minimum absolute atomic E-state index is 0.334. The summed E-state index contributed by atoms with van der Waals surface area (Å²) in [5, 5.41) is 10.2. The first kappa shape index (κ1) is 16.6. The highest BCUT2D eigenvalue weighted by Gasteiger charge is 2.13. The summed E-state index contributed by atoms with van der Waals surface area (Å²) in [6.45, 7) is 3.91. The molecule has 4 rings (SSSR count). The normalized spacial score (nSPS) is 11.2. The van der Waals surface area contributed by atoms with Gasteiger partial charge >= 0.3 is 5.63 Å². The van der Waals surface area contributed by atoms with Crippen molar-refractivity contribution in [2.24, 2.45) is 0 Å². The quantitative estimate of drug-likeness (QED) is 0.400. The van der Waals surface area contributed by atoms with Gasteiger partial charge in [0.15, 0.2) is 5.16 Å². The van der Waals surface area contributed by atoms with Crippen LogP contribution in [0.2, 0.25) is 0 Å². The van der Waals surface area contributed by atoms with E-state index in [0.717, 1.165) is 33.2 Å². The summed E-state index contributed by atoms with van der Waals surface area (Å²) in [6, 6.07) is 17.5. The molecule has 2 heterocycles. The largest absolute Gasteiger partial charge is 0.423 e. The van der Waals surface area contributed by atoms with Crippen LogP contribution in [0.1, 0.15) is 17.0 Å². The summed E-state index contributed by atoms with van der Waals surface area (Å²) < 4.78 is 7.35. The molecule has 2 aromatic carbocycles. The highest BCUT2D eigenvalue weighted by atomic mass is 32.2. The minimum atomic E-state index is -0.334. The van der Waals surface area contributed by atoms with Gasteiger partial charge in [-0.1, -0.05) is 42.1 Å². The number of aryl methyl sites for hydroxylation is 2. The maximum absolute atomic E-state index is 11.9. The third-order valence-electron chi connectivity index (χ3n) is 4.15. The molecule has 6 heteroatoms. The summed E-state index contributed by atoms with van der Waals surface area (Å²) in [5.41, 5.74) is 3.30. The Bertz CT molecular complexity index is 1130. The molecule has 0 amide bonds. The van der Waals surface area contributed by atoms with E-state index in [0.29, 0.717) is 11.3 Å². The zero-order chi connectivity index (χ0) is 18.1. The summed E-state index contributed by atoms with van der Waals surface area (Å²) >= 11 is 1.55. The van der Waals surface area contributed by atoms with Crippen LogP contribution in [0.15, 0.2) is 69.0 Å². The van der Waals surface area contributed by atoms with Gasteiger partial charge in [0.05, 0.1) is 0 Å². The zero-order valence-electron chi connectivity index (χ0n) is 14.5. The molecule has 4 aromatic rings. The third-order valence-corrected chi connectivity index (χ3v) is 5.13. The molecule has 5 nitrogen and oxygen atoms in total. The van der Waals surface area contributed by atoms with Crippen LogP contribution in [0.25, 0.3) is 16.7 Å². The number of hydrogen-bond donors (Lipinski definition) is 0. The lowest BCUT2D eigenvalue weighted by molar-refractivity contribution is 0.559. The Kier molecular flexibility index (Phi) is 4.34. The first-order chi connectivity index (χ1) is 12.6. The second-order valence-corrected chi connectivity index (χ2v) is 7.02. The molecule has 0 aliphatic carbocycles. The van der Waals surface area contributed by atoms with E-state index in [9.17, 15) is 4.79 Å². The molecular weight excluding hydrogens is 346 g/mol.